The standard InChI is InChI=1S/C22H27NO3/c1-17(24)26-20-12-13-21(22(25)14-20)23(15-18-8-4-2-5-9-18)16-19-10-6-3-7-11-19/h2-11,20-22,25H,12-16H2,1H3/t20-,21-,22+/m1/s1. The summed E-state index contributed by atoms with van der Waals surface area (Å²) in [5, 5.41) is 10.7. The van der Waals surface area contributed by atoms with Crippen LogP contribution in [0.25, 0.3) is 0 Å². The summed E-state index contributed by atoms with van der Waals surface area (Å²) in [6, 6.07) is 20.8. The average molecular weight is 353 g/mol. The number of hydrogen-bond acceptors (Lipinski definition) is 4. The average Bonchev–Trinajstić information content (AvgIpc) is 2.63. The zero-order chi connectivity index (χ0) is 18.4. The van der Waals surface area contributed by atoms with E-state index in [9.17, 15) is 9.90 Å². The summed E-state index contributed by atoms with van der Waals surface area (Å²) in [5.41, 5.74) is 2.47. The first-order valence-electron chi connectivity index (χ1n) is 9.29. The molecule has 0 amide bonds. The lowest BCUT2D eigenvalue weighted by Gasteiger charge is -2.40. The predicted octanol–water partition coefficient (Wildman–Crippen LogP) is 3.53. The van der Waals surface area contributed by atoms with E-state index in [1.165, 1.54) is 18.1 Å². The van der Waals surface area contributed by atoms with E-state index in [0.717, 1.165) is 25.9 Å². The Morgan fingerprint density at radius 2 is 1.54 bits per heavy atom. The van der Waals surface area contributed by atoms with Gasteiger partial charge in [-0.25, -0.2) is 0 Å². The molecule has 0 saturated heterocycles. The van der Waals surface area contributed by atoms with Gasteiger partial charge in [0.2, 0.25) is 0 Å². The van der Waals surface area contributed by atoms with Gasteiger partial charge in [-0.15, -0.1) is 0 Å². The van der Waals surface area contributed by atoms with Crippen LogP contribution in [0.5, 0.6) is 0 Å². The minimum Gasteiger partial charge on any atom is -0.462 e. The van der Waals surface area contributed by atoms with Gasteiger partial charge in [-0.1, -0.05) is 60.7 Å². The Labute approximate surface area is 155 Å². The van der Waals surface area contributed by atoms with E-state index in [0.29, 0.717) is 6.42 Å². The smallest absolute Gasteiger partial charge is 0.302 e. The molecule has 0 spiro atoms. The Hall–Kier alpha value is -2.17. The molecule has 2 aromatic carbocycles. The molecule has 3 atom stereocenters. The van der Waals surface area contributed by atoms with Crippen molar-refractivity contribution in [2.75, 3.05) is 0 Å². The van der Waals surface area contributed by atoms with Gasteiger partial charge in [-0.3, -0.25) is 9.69 Å². The van der Waals surface area contributed by atoms with Gasteiger partial charge < -0.3 is 9.84 Å². The van der Waals surface area contributed by atoms with Crippen molar-refractivity contribution < 1.29 is 14.6 Å². The van der Waals surface area contributed by atoms with Gasteiger partial charge in [-0.2, -0.15) is 0 Å². The van der Waals surface area contributed by atoms with E-state index in [1.54, 1.807) is 0 Å². The van der Waals surface area contributed by atoms with Crippen LogP contribution in [0, 0.1) is 0 Å². The third-order valence-corrected chi connectivity index (χ3v) is 4.99. The maximum atomic E-state index is 11.2. The molecule has 4 nitrogen and oxygen atoms in total. The van der Waals surface area contributed by atoms with Crippen molar-refractivity contribution in [2.45, 2.75) is 57.5 Å². The summed E-state index contributed by atoms with van der Waals surface area (Å²) < 4.78 is 5.31. The van der Waals surface area contributed by atoms with Crippen LogP contribution >= 0.6 is 0 Å². The third kappa shape index (κ3) is 5.16. The van der Waals surface area contributed by atoms with Gasteiger partial charge in [0.25, 0.3) is 0 Å². The Morgan fingerprint density at radius 1 is 1.00 bits per heavy atom. The summed E-state index contributed by atoms with van der Waals surface area (Å²) in [6.07, 6.45) is 1.44. The summed E-state index contributed by atoms with van der Waals surface area (Å²) >= 11 is 0. The second-order valence-corrected chi connectivity index (χ2v) is 7.06. The van der Waals surface area contributed by atoms with Gasteiger partial charge in [0.05, 0.1) is 6.10 Å². The molecule has 0 aromatic heterocycles. The summed E-state index contributed by atoms with van der Waals surface area (Å²) in [7, 11) is 0. The van der Waals surface area contributed by atoms with Gasteiger partial charge in [0.1, 0.15) is 6.10 Å². The van der Waals surface area contributed by atoms with Crippen LogP contribution < -0.4 is 0 Å². The fourth-order valence-corrected chi connectivity index (χ4v) is 3.79. The largest absolute Gasteiger partial charge is 0.462 e. The number of ether oxygens (including phenoxy) is 1. The highest BCUT2D eigenvalue weighted by molar-refractivity contribution is 5.66. The molecule has 1 aliphatic rings. The highest BCUT2D eigenvalue weighted by Gasteiger charge is 2.34. The van der Waals surface area contributed by atoms with Crippen molar-refractivity contribution in [3.63, 3.8) is 0 Å². The fourth-order valence-electron chi connectivity index (χ4n) is 3.79. The number of aliphatic hydroxyl groups excluding tert-OH is 1. The molecule has 0 heterocycles. The van der Waals surface area contributed by atoms with Crippen LogP contribution in [-0.2, 0) is 22.6 Å². The van der Waals surface area contributed by atoms with Gasteiger partial charge in [0.15, 0.2) is 0 Å². The second kappa shape index (κ2) is 8.97. The number of benzene rings is 2. The van der Waals surface area contributed by atoms with E-state index in [4.69, 9.17) is 4.74 Å². The molecule has 4 heteroatoms. The predicted molar refractivity (Wildman–Crippen MR) is 101 cm³/mol. The lowest BCUT2D eigenvalue weighted by Crippen LogP contribution is -2.48. The highest BCUT2D eigenvalue weighted by Crippen LogP contribution is 2.28. The van der Waals surface area contributed by atoms with Crippen LogP contribution in [0.3, 0.4) is 0 Å². The highest BCUT2D eigenvalue weighted by atomic mass is 16.5. The van der Waals surface area contributed by atoms with Crippen LogP contribution in [-0.4, -0.2) is 34.2 Å². The van der Waals surface area contributed by atoms with Crippen molar-refractivity contribution in [2.24, 2.45) is 0 Å². The first-order chi connectivity index (χ1) is 12.6. The van der Waals surface area contributed by atoms with Crippen LogP contribution in [0.2, 0.25) is 0 Å². The Bertz CT molecular complexity index is 648. The number of nitrogens with zero attached hydrogens (tertiary/aromatic N) is 1. The van der Waals surface area contributed by atoms with E-state index < -0.39 is 6.10 Å². The number of rotatable bonds is 6. The first kappa shape index (κ1) is 18.6. The van der Waals surface area contributed by atoms with Gasteiger partial charge in [0, 0.05) is 32.5 Å². The molecule has 0 radical (unpaired) electrons. The van der Waals surface area contributed by atoms with E-state index in [-0.39, 0.29) is 18.1 Å². The van der Waals surface area contributed by atoms with Crippen molar-refractivity contribution in [3.8, 4) is 0 Å². The topological polar surface area (TPSA) is 49.8 Å². The molecule has 1 fully saturated rings. The molecular formula is C22H27NO3. The van der Waals surface area contributed by atoms with Crippen LogP contribution in [0.4, 0.5) is 0 Å². The van der Waals surface area contributed by atoms with E-state index >= 15 is 0 Å². The summed E-state index contributed by atoms with van der Waals surface area (Å²) in [5.74, 6) is -0.272. The van der Waals surface area contributed by atoms with Crippen LogP contribution in [0.1, 0.15) is 37.3 Å². The molecule has 0 bridgehead atoms. The SMILES string of the molecule is CC(=O)O[C@@H]1CC[C@@H](N(Cc2ccccc2)Cc2ccccc2)[C@@H](O)C1. The molecule has 1 saturated carbocycles. The van der Waals surface area contributed by atoms with Crippen molar-refractivity contribution >= 4 is 5.97 Å². The molecule has 0 unspecified atom stereocenters. The van der Waals surface area contributed by atoms with Gasteiger partial charge in [-0.05, 0) is 24.0 Å². The number of carbonyl (C=O) groups excluding carboxylic acids is 1. The van der Waals surface area contributed by atoms with Crippen LogP contribution in [0.15, 0.2) is 60.7 Å². The minimum atomic E-state index is -0.500. The zero-order valence-electron chi connectivity index (χ0n) is 15.3. The number of carbonyl (C=O) groups is 1. The van der Waals surface area contributed by atoms with Crippen molar-refractivity contribution in [3.05, 3.63) is 71.8 Å². The first-order valence-corrected chi connectivity index (χ1v) is 9.29. The quantitative estimate of drug-likeness (QED) is 0.807. The second-order valence-electron chi connectivity index (χ2n) is 7.06. The lowest BCUT2D eigenvalue weighted by molar-refractivity contribution is -0.151. The molecule has 26 heavy (non-hydrogen) atoms. The fraction of sp³-hybridized carbons (Fsp3) is 0.409. The third-order valence-electron chi connectivity index (χ3n) is 4.99. The summed E-state index contributed by atoms with van der Waals surface area (Å²) in [6.45, 7) is 3.00. The van der Waals surface area contributed by atoms with Crippen molar-refractivity contribution in [1.29, 1.82) is 0 Å². The minimum absolute atomic E-state index is 0.0576. The summed E-state index contributed by atoms with van der Waals surface area (Å²) in [4.78, 5) is 13.5. The number of esters is 1. The lowest BCUT2D eigenvalue weighted by atomic mass is 9.88. The molecule has 138 valence electrons. The Kier molecular flexibility index (Phi) is 6.42. The van der Waals surface area contributed by atoms with E-state index in [2.05, 4.69) is 29.2 Å². The van der Waals surface area contributed by atoms with E-state index in [1.807, 2.05) is 36.4 Å². The monoisotopic (exact) mass is 353 g/mol. The van der Waals surface area contributed by atoms with Crippen molar-refractivity contribution in [1.82, 2.24) is 4.90 Å². The van der Waals surface area contributed by atoms with Gasteiger partial charge >= 0.3 is 5.97 Å². The Morgan fingerprint density at radius 3 is 2.00 bits per heavy atom. The molecule has 1 N–H and O–H groups in total. The molecule has 2 aromatic rings. The molecule has 0 aliphatic heterocycles. The number of aliphatic hydroxyl groups is 1. The zero-order valence-corrected chi connectivity index (χ0v) is 15.3. The molecule has 3 rings (SSSR count). The molecular weight excluding hydrogens is 326 g/mol. The Balaban J connectivity index is 1.73. The normalized spacial score (nSPS) is 23.0. The maximum Gasteiger partial charge on any atom is 0.302 e. The molecule has 1 aliphatic carbocycles. The maximum absolute atomic E-state index is 11.2. The number of hydrogen-bond donors (Lipinski definition) is 1.